The van der Waals surface area contributed by atoms with Crippen LogP contribution >= 0.6 is 0 Å². The molecule has 1 amide bonds. The summed E-state index contributed by atoms with van der Waals surface area (Å²) in [5.41, 5.74) is 3.14. The molecule has 2 aromatic rings. The molecule has 19 heavy (non-hydrogen) atoms. The minimum absolute atomic E-state index is 0.112. The summed E-state index contributed by atoms with van der Waals surface area (Å²) < 4.78 is 7.05. The first-order valence-electron chi connectivity index (χ1n) is 5.79. The molecule has 0 fully saturated rings. The Bertz CT molecular complexity index is 670. The molecule has 0 unspecified atom stereocenters. The number of nitrogens with zero attached hydrogens (tertiary/aromatic N) is 1. The van der Waals surface area contributed by atoms with Gasteiger partial charge in [0.25, 0.3) is 11.5 Å². The normalized spacial score (nSPS) is 10.5. The van der Waals surface area contributed by atoms with Crippen LogP contribution < -0.4 is 16.8 Å². The molecule has 2 aromatic heterocycles. The van der Waals surface area contributed by atoms with Gasteiger partial charge in [0.15, 0.2) is 0 Å². The van der Waals surface area contributed by atoms with E-state index in [9.17, 15) is 9.59 Å². The molecule has 3 N–H and O–H groups in total. The first kappa shape index (κ1) is 13.1. The Morgan fingerprint density at radius 2 is 2.16 bits per heavy atom. The van der Waals surface area contributed by atoms with Crippen LogP contribution in [0.1, 0.15) is 27.6 Å². The highest BCUT2D eigenvalue weighted by atomic mass is 16.3. The lowest BCUT2D eigenvalue weighted by atomic mass is 10.2. The summed E-state index contributed by atoms with van der Waals surface area (Å²) in [5.74, 6) is 5.68. The molecular formula is C13H15N3O3. The molecule has 2 heterocycles. The van der Waals surface area contributed by atoms with Crippen LogP contribution in [0.4, 0.5) is 0 Å². The van der Waals surface area contributed by atoms with Crippen LogP contribution in [0.25, 0.3) is 0 Å². The van der Waals surface area contributed by atoms with Crippen LogP contribution in [0.2, 0.25) is 0 Å². The van der Waals surface area contributed by atoms with Crippen molar-refractivity contribution in [2.75, 3.05) is 0 Å². The average molecular weight is 261 g/mol. The molecule has 6 nitrogen and oxygen atoms in total. The van der Waals surface area contributed by atoms with Crippen molar-refractivity contribution in [3.05, 3.63) is 57.4 Å². The summed E-state index contributed by atoms with van der Waals surface area (Å²) in [6, 6.07) is 6.62. The number of hydrogen-bond acceptors (Lipinski definition) is 4. The van der Waals surface area contributed by atoms with Gasteiger partial charge in [0.1, 0.15) is 11.5 Å². The molecule has 0 saturated heterocycles. The predicted octanol–water partition coefficient (Wildman–Crippen LogP) is 0.710. The first-order valence-corrected chi connectivity index (χ1v) is 5.79. The lowest BCUT2D eigenvalue weighted by molar-refractivity contribution is 0.0952. The number of nitrogens with one attached hydrogen (secondary N) is 1. The number of aryl methyl sites for hydroxylation is 2. The van der Waals surface area contributed by atoms with Gasteiger partial charge in [-0.3, -0.25) is 15.0 Å². The van der Waals surface area contributed by atoms with Crippen molar-refractivity contribution in [3.63, 3.8) is 0 Å². The summed E-state index contributed by atoms with van der Waals surface area (Å²) in [7, 11) is 0. The predicted molar refractivity (Wildman–Crippen MR) is 69.6 cm³/mol. The van der Waals surface area contributed by atoms with Crippen LogP contribution in [0.15, 0.2) is 33.5 Å². The Morgan fingerprint density at radius 3 is 2.79 bits per heavy atom. The molecule has 0 radical (unpaired) electrons. The van der Waals surface area contributed by atoms with Crippen LogP contribution in [-0.4, -0.2) is 10.5 Å². The maximum atomic E-state index is 11.7. The van der Waals surface area contributed by atoms with Gasteiger partial charge < -0.3 is 8.98 Å². The van der Waals surface area contributed by atoms with Crippen molar-refractivity contribution in [2.24, 2.45) is 5.84 Å². The van der Waals surface area contributed by atoms with Crippen molar-refractivity contribution >= 4 is 5.91 Å². The summed E-state index contributed by atoms with van der Waals surface area (Å²) in [5, 5.41) is 0. The van der Waals surface area contributed by atoms with Crippen LogP contribution in [0, 0.1) is 13.8 Å². The molecule has 0 aliphatic carbocycles. The molecule has 0 spiro atoms. The minimum Gasteiger partial charge on any atom is -0.464 e. The van der Waals surface area contributed by atoms with E-state index in [2.05, 4.69) is 5.43 Å². The summed E-state index contributed by atoms with van der Waals surface area (Å²) in [6.45, 7) is 3.80. The Hall–Kier alpha value is -2.34. The molecule has 0 saturated carbocycles. The lowest BCUT2D eigenvalue weighted by Crippen LogP contribution is -2.30. The second-order valence-corrected chi connectivity index (χ2v) is 4.25. The second kappa shape index (κ2) is 5.11. The average Bonchev–Trinajstić information content (AvgIpc) is 2.74. The zero-order chi connectivity index (χ0) is 14.0. The number of nitrogens with two attached hydrogens (primary N) is 1. The molecular weight excluding hydrogens is 246 g/mol. The number of carbonyl (C=O) groups excluding carboxylic acids is 1. The highest BCUT2D eigenvalue weighted by Crippen LogP contribution is 2.15. The van der Waals surface area contributed by atoms with Gasteiger partial charge in [-0.25, -0.2) is 5.84 Å². The number of nitrogen functional groups attached to an aromatic ring is 1. The van der Waals surface area contributed by atoms with Crippen LogP contribution in [0.3, 0.4) is 0 Å². The Labute approximate surface area is 109 Å². The molecule has 0 aromatic carbocycles. The van der Waals surface area contributed by atoms with Crippen LogP contribution in [0.5, 0.6) is 0 Å². The van der Waals surface area contributed by atoms with Crippen molar-refractivity contribution in [1.82, 2.24) is 9.99 Å². The molecule has 100 valence electrons. The smallest absolute Gasteiger partial charge is 0.268 e. The van der Waals surface area contributed by atoms with Gasteiger partial charge in [0, 0.05) is 11.8 Å². The standard InChI is InChI=1S/C13H15N3O3/c1-8-4-3-5-12(17)16(8)7-10-6-11(9(2)19-10)13(18)15-14/h3-6H,7,14H2,1-2H3,(H,15,18). The topological polar surface area (TPSA) is 90.3 Å². The molecule has 2 rings (SSSR count). The van der Waals surface area contributed by atoms with Crippen LogP contribution in [-0.2, 0) is 6.54 Å². The zero-order valence-electron chi connectivity index (χ0n) is 10.8. The van der Waals surface area contributed by atoms with E-state index in [1.54, 1.807) is 23.6 Å². The number of hydrazine groups is 1. The van der Waals surface area contributed by atoms with Gasteiger partial charge in [-0.1, -0.05) is 6.07 Å². The second-order valence-electron chi connectivity index (χ2n) is 4.25. The monoisotopic (exact) mass is 261 g/mol. The number of carbonyl (C=O) groups is 1. The van der Waals surface area contributed by atoms with Crippen molar-refractivity contribution in [1.29, 1.82) is 0 Å². The number of rotatable bonds is 3. The molecule has 0 aliphatic heterocycles. The Kier molecular flexibility index (Phi) is 3.52. The quantitative estimate of drug-likeness (QED) is 0.483. The lowest BCUT2D eigenvalue weighted by Gasteiger charge is -2.06. The van der Waals surface area contributed by atoms with Crippen molar-refractivity contribution in [2.45, 2.75) is 20.4 Å². The van der Waals surface area contributed by atoms with Crippen molar-refractivity contribution in [3.8, 4) is 0 Å². The van der Waals surface area contributed by atoms with Gasteiger partial charge in [-0.15, -0.1) is 0 Å². The largest absolute Gasteiger partial charge is 0.464 e. The van der Waals surface area contributed by atoms with Gasteiger partial charge in [0.05, 0.1) is 12.1 Å². The number of hydrogen-bond donors (Lipinski definition) is 2. The number of amides is 1. The molecule has 0 aliphatic rings. The fourth-order valence-electron chi connectivity index (χ4n) is 1.91. The minimum atomic E-state index is -0.412. The third-order valence-electron chi connectivity index (χ3n) is 2.93. The highest BCUT2D eigenvalue weighted by Gasteiger charge is 2.14. The first-order chi connectivity index (χ1) is 9.02. The van der Waals surface area contributed by atoms with Gasteiger partial charge in [-0.05, 0) is 26.0 Å². The van der Waals surface area contributed by atoms with E-state index in [4.69, 9.17) is 10.3 Å². The molecule has 6 heteroatoms. The van der Waals surface area contributed by atoms with E-state index >= 15 is 0 Å². The maximum absolute atomic E-state index is 11.7. The van der Waals surface area contributed by atoms with E-state index in [1.165, 1.54) is 6.07 Å². The third kappa shape index (κ3) is 2.58. The third-order valence-corrected chi connectivity index (χ3v) is 2.93. The zero-order valence-corrected chi connectivity index (χ0v) is 10.8. The van der Waals surface area contributed by atoms with E-state index in [-0.39, 0.29) is 12.1 Å². The van der Waals surface area contributed by atoms with Gasteiger partial charge >= 0.3 is 0 Å². The fraction of sp³-hybridized carbons (Fsp3) is 0.231. The van der Waals surface area contributed by atoms with Gasteiger partial charge in [0.2, 0.25) is 0 Å². The van der Waals surface area contributed by atoms with Crippen molar-refractivity contribution < 1.29 is 9.21 Å². The summed E-state index contributed by atoms with van der Waals surface area (Å²) in [6.07, 6.45) is 0. The number of furan rings is 1. The van der Waals surface area contributed by atoms with E-state index in [0.717, 1.165) is 5.69 Å². The Balaban J connectivity index is 2.35. The van der Waals surface area contributed by atoms with E-state index < -0.39 is 5.91 Å². The highest BCUT2D eigenvalue weighted by molar-refractivity contribution is 5.94. The maximum Gasteiger partial charge on any atom is 0.268 e. The number of pyridine rings is 1. The van der Waals surface area contributed by atoms with E-state index in [0.29, 0.717) is 17.1 Å². The van der Waals surface area contributed by atoms with E-state index in [1.807, 2.05) is 13.0 Å². The van der Waals surface area contributed by atoms with Gasteiger partial charge in [-0.2, -0.15) is 0 Å². The summed E-state index contributed by atoms with van der Waals surface area (Å²) >= 11 is 0. The fourth-order valence-corrected chi connectivity index (χ4v) is 1.91. The number of aromatic nitrogens is 1. The summed E-state index contributed by atoms with van der Waals surface area (Å²) in [4.78, 5) is 23.2. The Morgan fingerprint density at radius 1 is 1.42 bits per heavy atom. The molecule has 0 atom stereocenters. The molecule has 0 bridgehead atoms. The SMILES string of the molecule is Cc1oc(Cn2c(C)cccc2=O)cc1C(=O)NN.